The third-order valence-corrected chi connectivity index (χ3v) is 4.61. The topological polar surface area (TPSA) is 104 Å². The number of rotatable bonds is 8. The number of H-pyrrole nitrogens is 1. The van der Waals surface area contributed by atoms with E-state index in [0.717, 1.165) is 0 Å². The standard InChI is InChI=1S/C21H25NO7/c1-10-16(12(3)23)11(2)22-17(10)18(24)13(4)29-21(25)14-8-9-15(26-5)20(28-7)19(14)27-6/h8-9,13,22H,1-7H3/t13-/m0/s1. The van der Waals surface area contributed by atoms with Crippen LogP contribution in [0.3, 0.4) is 0 Å². The monoisotopic (exact) mass is 403 g/mol. The van der Waals surface area contributed by atoms with Gasteiger partial charge in [0.15, 0.2) is 23.4 Å². The zero-order valence-electron chi connectivity index (χ0n) is 17.6. The fraction of sp³-hybridized carbons (Fsp3) is 0.381. The highest BCUT2D eigenvalue weighted by Crippen LogP contribution is 2.40. The maximum Gasteiger partial charge on any atom is 0.342 e. The number of aromatic nitrogens is 1. The summed E-state index contributed by atoms with van der Waals surface area (Å²) in [5, 5.41) is 0. The molecule has 0 spiro atoms. The summed E-state index contributed by atoms with van der Waals surface area (Å²) in [6.07, 6.45) is -1.09. The molecule has 0 bridgehead atoms. The van der Waals surface area contributed by atoms with Crippen LogP contribution in [-0.2, 0) is 4.74 Å². The summed E-state index contributed by atoms with van der Waals surface area (Å²) in [6, 6.07) is 3.01. The van der Waals surface area contributed by atoms with E-state index in [0.29, 0.717) is 22.6 Å². The Labute approximate surface area is 169 Å². The second kappa shape index (κ2) is 8.81. The molecule has 0 unspecified atom stereocenters. The van der Waals surface area contributed by atoms with Gasteiger partial charge >= 0.3 is 5.97 Å². The molecule has 0 aliphatic heterocycles. The molecule has 2 rings (SSSR count). The molecule has 1 aromatic carbocycles. The highest BCUT2D eigenvalue weighted by atomic mass is 16.6. The van der Waals surface area contributed by atoms with E-state index < -0.39 is 17.9 Å². The van der Waals surface area contributed by atoms with Crippen LogP contribution < -0.4 is 14.2 Å². The Bertz CT molecular complexity index is 958. The first-order valence-corrected chi connectivity index (χ1v) is 8.92. The highest BCUT2D eigenvalue weighted by Gasteiger charge is 2.28. The molecule has 0 fully saturated rings. The molecule has 1 aromatic heterocycles. The Hall–Kier alpha value is -3.29. The van der Waals surface area contributed by atoms with Crippen LogP contribution in [0.5, 0.6) is 17.2 Å². The molecule has 8 nitrogen and oxygen atoms in total. The molecule has 0 saturated carbocycles. The van der Waals surface area contributed by atoms with Gasteiger partial charge in [0.25, 0.3) is 0 Å². The van der Waals surface area contributed by atoms with Gasteiger partial charge in [-0.1, -0.05) is 0 Å². The fourth-order valence-electron chi connectivity index (χ4n) is 3.27. The van der Waals surface area contributed by atoms with Gasteiger partial charge in [-0.05, 0) is 45.4 Å². The summed E-state index contributed by atoms with van der Waals surface area (Å²) in [6.45, 7) is 6.30. The average Bonchev–Trinajstić information content (AvgIpc) is 2.99. The van der Waals surface area contributed by atoms with Gasteiger partial charge in [-0.15, -0.1) is 0 Å². The number of aromatic amines is 1. The van der Waals surface area contributed by atoms with Crippen LogP contribution in [0.15, 0.2) is 12.1 Å². The van der Waals surface area contributed by atoms with Crippen molar-refractivity contribution in [1.29, 1.82) is 0 Å². The molecule has 1 heterocycles. The predicted octanol–water partition coefficient (Wildman–Crippen LogP) is 3.29. The van der Waals surface area contributed by atoms with Crippen molar-refractivity contribution in [3.05, 3.63) is 40.2 Å². The zero-order valence-corrected chi connectivity index (χ0v) is 17.6. The van der Waals surface area contributed by atoms with E-state index in [1.165, 1.54) is 41.2 Å². The minimum atomic E-state index is -1.09. The minimum Gasteiger partial charge on any atom is -0.493 e. The second-order valence-electron chi connectivity index (χ2n) is 6.47. The Morgan fingerprint density at radius 2 is 1.59 bits per heavy atom. The molecular weight excluding hydrogens is 378 g/mol. The molecular formula is C21H25NO7. The number of carbonyl (C=O) groups is 3. The Morgan fingerprint density at radius 1 is 0.966 bits per heavy atom. The lowest BCUT2D eigenvalue weighted by Gasteiger charge is -2.17. The summed E-state index contributed by atoms with van der Waals surface area (Å²) < 4.78 is 21.1. The Kier molecular flexibility index (Phi) is 6.68. The number of carbonyl (C=O) groups excluding carboxylic acids is 3. The smallest absolute Gasteiger partial charge is 0.342 e. The predicted molar refractivity (Wildman–Crippen MR) is 106 cm³/mol. The summed E-state index contributed by atoms with van der Waals surface area (Å²) in [5.74, 6) is -0.566. The van der Waals surface area contributed by atoms with Crippen LogP contribution >= 0.6 is 0 Å². The number of esters is 1. The normalized spacial score (nSPS) is 11.6. The van der Waals surface area contributed by atoms with E-state index in [1.54, 1.807) is 19.9 Å². The number of hydrogen-bond donors (Lipinski definition) is 1. The van der Waals surface area contributed by atoms with Crippen molar-refractivity contribution in [2.75, 3.05) is 21.3 Å². The van der Waals surface area contributed by atoms with Crippen molar-refractivity contribution in [2.45, 2.75) is 33.8 Å². The summed E-state index contributed by atoms with van der Waals surface area (Å²) >= 11 is 0. The number of benzene rings is 1. The number of hydrogen-bond acceptors (Lipinski definition) is 7. The molecule has 29 heavy (non-hydrogen) atoms. The number of ether oxygens (including phenoxy) is 4. The Balaban J connectivity index is 2.31. The van der Waals surface area contributed by atoms with Gasteiger partial charge in [-0.25, -0.2) is 4.79 Å². The third kappa shape index (κ3) is 4.11. The van der Waals surface area contributed by atoms with E-state index in [9.17, 15) is 14.4 Å². The Morgan fingerprint density at radius 3 is 2.07 bits per heavy atom. The van der Waals surface area contributed by atoms with Crippen molar-refractivity contribution in [3.8, 4) is 17.2 Å². The molecule has 1 atom stereocenters. The van der Waals surface area contributed by atoms with E-state index in [4.69, 9.17) is 18.9 Å². The first-order chi connectivity index (χ1) is 13.7. The molecule has 8 heteroatoms. The van der Waals surface area contributed by atoms with Crippen molar-refractivity contribution >= 4 is 17.5 Å². The van der Waals surface area contributed by atoms with E-state index in [2.05, 4.69) is 4.98 Å². The van der Waals surface area contributed by atoms with Crippen LogP contribution in [0.4, 0.5) is 0 Å². The molecule has 0 radical (unpaired) electrons. The van der Waals surface area contributed by atoms with Gasteiger partial charge in [-0.3, -0.25) is 9.59 Å². The van der Waals surface area contributed by atoms with Crippen LogP contribution in [0.1, 0.15) is 56.3 Å². The number of nitrogens with one attached hydrogen (secondary N) is 1. The molecule has 0 saturated heterocycles. The maximum atomic E-state index is 12.8. The van der Waals surface area contributed by atoms with Gasteiger partial charge in [0.1, 0.15) is 5.56 Å². The van der Waals surface area contributed by atoms with Crippen molar-refractivity contribution in [3.63, 3.8) is 0 Å². The van der Waals surface area contributed by atoms with Gasteiger partial charge < -0.3 is 23.9 Å². The van der Waals surface area contributed by atoms with Crippen molar-refractivity contribution < 1.29 is 33.3 Å². The third-order valence-electron chi connectivity index (χ3n) is 4.61. The van der Waals surface area contributed by atoms with Crippen molar-refractivity contribution in [1.82, 2.24) is 4.98 Å². The van der Waals surface area contributed by atoms with Crippen LogP contribution in [-0.4, -0.2) is 50.0 Å². The van der Waals surface area contributed by atoms with Crippen LogP contribution in [0.25, 0.3) is 0 Å². The molecule has 156 valence electrons. The van der Waals surface area contributed by atoms with E-state index in [-0.39, 0.29) is 28.5 Å². The summed E-state index contributed by atoms with van der Waals surface area (Å²) in [7, 11) is 4.27. The lowest BCUT2D eigenvalue weighted by molar-refractivity contribution is 0.0313. The molecule has 0 amide bonds. The van der Waals surface area contributed by atoms with Gasteiger partial charge in [0.2, 0.25) is 11.5 Å². The largest absolute Gasteiger partial charge is 0.493 e. The highest BCUT2D eigenvalue weighted by molar-refractivity contribution is 6.06. The maximum absolute atomic E-state index is 12.8. The zero-order chi connectivity index (χ0) is 21.9. The van der Waals surface area contributed by atoms with Gasteiger partial charge in [0.05, 0.1) is 27.0 Å². The quantitative estimate of drug-likeness (QED) is 0.533. The molecule has 1 N–H and O–H groups in total. The SMILES string of the molecule is COc1ccc(C(=O)O[C@@H](C)C(=O)c2[nH]c(C)c(C(C)=O)c2C)c(OC)c1OC. The van der Waals surface area contributed by atoms with Gasteiger partial charge in [-0.2, -0.15) is 0 Å². The molecule has 0 aliphatic rings. The number of aryl methyl sites for hydroxylation is 1. The van der Waals surface area contributed by atoms with Crippen molar-refractivity contribution in [2.24, 2.45) is 0 Å². The number of Topliss-reactive ketones (excluding diaryl/α,β-unsaturated/α-hetero) is 2. The number of methoxy groups -OCH3 is 3. The number of ketones is 2. The van der Waals surface area contributed by atoms with Crippen LogP contribution in [0, 0.1) is 13.8 Å². The first-order valence-electron chi connectivity index (χ1n) is 8.92. The summed E-state index contributed by atoms with van der Waals surface area (Å²) in [5.41, 5.74) is 1.93. The fourth-order valence-corrected chi connectivity index (χ4v) is 3.27. The lowest BCUT2D eigenvalue weighted by atomic mass is 10.0. The molecule has 0 aliphatic carbocycles. The lowest BCUT2D eigenvalue weighted by Crippen LogP contribution is -2.25. The van der Waals surface area contributed by atoms with E-state index in [1.807, 2.05) is 0 Å². The molecule has 2 aromatic rings. The van der Waals surface area contributed by atoms with E-state index >= 15 is 0 Å². The first kappa shape index (κ1) is 22.0. The van der Waals surface area contributed by atoms with Gasteiger partial charge in [0, 0.05) is 11.3 Å². The van der Waals surface area contributed by atoms with Crippen LogP contribution in [0.2, 0.25) is 0 Å². The summed E-state index contributed by atoms with van der Waals surface area (Å²) in [4.78, 5) is 40.2. The second-order valence-corrected chi connectivity index (χ2v) is 6.47. The average molecular weight is 403 g/mol. The minimum absolute atomic E-state index is 0.0913.